The molecule has 0 aliphatic rings. The first kappa shape index (κ1) is 26.9. The lowest BCUT2D eigenvalue weighted by atomic mass is 9.88. The van der Waals surface area contributed by atoms with Gasteiger partial charge in [0, 0.05) is 11.8 Å². The second-order valence-electron chi connectivity index (χ2n) is 10.9. The highest BCUT2D eigenvalue weighted by Crippen LogP contribution is 2.30. The summed E-state index contributed by atoms with van der Waals surface area (Å²) in [6.07, 6.45) is 3.97. The molecule has 0 aliphatic carbocycles. The largest absolute Gasteiger partial charge is 0.378 e. The van der Waals surface area contributed by atoms with Crippen LogP contribution in [0.2, 0.25) is 0 Å². The molecule has 0 fully saturated rings. The van der Waals surface area contributed by atoms with Crippen molar-refractivity contribution in [2.45, 2.75) is 132 Å². The van der Waals surface area contributed by atoms with Gasteiger partial charge in [-0.25, -0.2) is 0 Å². The molecule has 27 heavy (non-hydrogen) atoms. The van der Waals surface area contributed by atoms with E-state index in [9.17, 15) is 0 Å². The molecular formula is C24H50O3. The zero-order valence-corrected chi connectivity index (χ0v) is 20.5. The first-order valence-electron chi connectivity index (χ1n) is 11.1. The molecule has 0 rings (SSSR count). The van der Waals surface area contributed by atoms with Crippen molar-refractivity contribution in [3.8, 4) is 0 Å². The topological polar surface area (TPSA) is 27.7 Å². The van der Waals surface area contributed by atoms with Crippen LogP contribution in [-0.4, -0.2) is 36.6 Å². The van der Waals surface area contributed by atoms with Crippen LogP contribution < -0.4 is 0 Å². The van der Waals surface area contributed by atoms with E-state index in [1.165, 1.54) is 0 Å². The van der Waals surface area contributed by atoms with E-state index < -0.39 is 0 Å². The summed E-state index contributed by atoms with van der Waals surface area (Å²) in [6.45, 7) is 27.2. The highest BCUT2D eigenvalue weighted by atomic mass is 16.5. The second-order valence-corrected chi connectivity index (χ2v) is 10.9. The quantitative estimate of drug-likeness (QED) is 0.326. The van der Waals surface area contributed by atoms with Crippen LogP contribution in [0.5, 0.6) is 0 Å². The van der Waals surface area contributed by atoms with Crippen LogP contribution in [-0.2, 0) is 14.2 Å². The van der Waals surface area contributed by atoms with Crippen LogP contribution in [0.3, 0.4) is 0 Å². The summed E-state index contributed by atoms with van der Waals surface area (Å²) in [6, 6.07) is 0. The zero-order valence-electron chi connectivity index (χ0n) is 20.5. The monoisotopic (exact) mass is 386 g/mol. The molecule has 0 N–H and O–H groups in total. The fraction of sp³-hybridized carbons (Fsp3) is 1.00. The van der Waals surface area contributed by atoms with Crippen molar-refractivity contribution in [1.29, 1.82) is 0 Å². The Morgan fingerprint density at radius 3 is 1.63 bits per heavy atom. The highest BCUT2D eigenvalue weighted by molar-refractivity contribution is 4.80. The zero-order chi connectivity index (χ0) is 21.4. The van der Waals surface area contributed by atoms with E-state index in [1.54, 1.807) is 0 Å². The van der Waals surface area contributed by atoms with Gasteiger partial charge >= 0.3 is 0 Å². The summed E-state index contributed by atoms with van der Waals surface area (Å²) in [4.78, 5) is 0. The minimum atomic E-state index is -0.188. The van der Waals surface area contributed by atoms with E-state index >= 15 is 0 Å². The molecule has 0 aromatic heterocycles. The fourth-order valence-corrected chi connectivity index (χ4v) is 3.52. The van der Waals surface area contributed by atoms with Crippen LogP contribution in [0.1, 0.15) is 102 Å². The van der Waals surface area contributed by atoms with Gasteiger partial charge < -0.3 is 14.2 Å². The Labute approximate surface area is 170 Å². The van der Waals surface area contributed by atoms with Crippen molar-refractivity contribution in [3.05, 3.63) is 0 Å². The van der Waals surface area contributed by atoms with E-state index in [-0.39, 0.29) is 29.3 Å². The van der Waals surface area contributed by atoms with Gasteiger partial charge in [0.25, 0.3) is 0 Å². The van der Waals surface area contributed by atoms with Crippen molar-refractivity contribution >= 4 is 0 Å². The molecule has 0 aromatic carbocycles. The maximum Gasteiger partial charge on any atom is 0.0654 e. The van der Waals surface area contributed by atoms with Crippen LogP contribution in [0.4, 0.5) is 0 Å². The maximum atomic E-state index is 6.57. The molecule has 2 unspecified atom stereocenters. The predicted octanol–water partition coefficient (Wildman–Crippen LogP) is 6.88. The third-order valence-electron chi connectivity index (χ3n) is 5.06. The molecular weight excluding hydrogens is 336 g/mol. The number of hydrogen-bond acceptors (Lipinski definition) is 3. The van der Waals surface area contributed by atoms with Gasteiger partial charge in [0.05, 0.1) is 36.6 Å². The van der Waals surface area contributed by atoms with Gasteiger partial charge in [0.1, 0.15) is 0 Å². The minimum absolute atomic E-state index is 0.0125. The summed E-state index contributed by atoms with van der Waals surface area (Å²) in [5, 5.41) is 0. The Balaban J connectivity index is 4.72. The van der Waals surface area contributed by atoms with E-state index in [4.69, 9.17) is 14.2 Å². The molecule has 164 valence electrons. The molecule has 0 amide bonds. The smallest absolute Gasteiger partial charge is 0.0654 e. The van der Waals surface area contributed by atoms with Gasteiger partial charge in [0.2, 0.25) is 0 Å². The van der Waals surface area contributed by atoms with Crippen LogP contribution in [0, 0.1) is 17.3 Å². The molecule has 0 radical (unpaired) electrons. The predicted molar refractivity (Wildman–Crippen MR) is 117 cm³/mol. The van der Waals surface area contributed by atoms with Crippen molar-refractivity contribution < 1.29 is 14.2 Å². The molecule has 3 heteroatoms. The van der Waals surface area contributed by atoms with Gasteiger partial charge in [-0.05, 0) is 66.2 Å². The SMILES string of the molecule is CC(C)CC(CC(C)C)OC(C)(C)CC(C)OC(C)C(C)(C)COC(C)C. The molecule has 0 heterocycles. The third kappa shape index (κ3) is 12.9. The standard InChI is InChI=1S/C24H50O3/c1-17(2)13-22(14-18(3)4)27-24(11,12)15-20(7)26-21(8)23(9,10)16-25-19(5)6/h17-22H,13-16H2,1-12H3. The van der Waals surface area contributed by atoms with Gasteiger partial charge in [0.15, 0.2) is 0 Å². The molecule has 3 nitrogen and oxygen atoms in total. The molecule has 0 saturated heterocycles. The lowest BCUT2D eigenvalue weighted by Gasteiger charge is -2.38. The van der Waals surface area contributed by atoms with E-state index in [0.29, 0.717) is 24.5 Å². The molecule has 0 aromatic rings. The Kier molecular flexibility index (Phi) is 11.7. The minimum Gasteiger partial charge on any atom is -0.378 e. The first-order chi connectivity index (χ1) is 12.1. The molecule has 2 atom stereocenters. The van der Waals surface area contributed by atoms with Crippen molar-refractivity contribution in [2.24, 2.45) is 17.3 Å². The average molecular weight is 387 g/mol. The summed E-state index contributed by atoms with van der Waals surface area (Å²) < 4.78 is 18.8. The summed E-state index contributed by atoms with van der Waals surface area (Å²) in [7, 11) is 0. The van der Waals surface area contributed by atoms with Gasteiger partial charge in [-0.15, -0.1) is 0 Å². The van der Waals surface area contributed by atoms with Crippen molar-refractivity contribution in [2.75, 3.05) is 6.61 Å². The molecule has 0 spiro atoms. The number of rotatable bonds is 14. The lowest BCUT2D eigenvalue weighted by molar-refractivity contribution is -0.136. The molecule has 0 aliphatic heterocycles. The molecule has 0 bridgehead atoms. The van der Waals surface area contributed by atoms with Gasteiger partial charge in [-0.3, -0.25) is 0 Å². The second kappa shape index (κ2) is 11.8. The Morgan fingerprint density at radius 2 is 1.22 bits per heavy atom. The van der Waals surface area contributed by atoms with Crippen LogP contribution in [0.15, 0.2) is 0 Å². The van der Waals surface area contributed by atoms with E-state index in [2.05, 4.69) is 83.1 Å². The Bertz CT molecular complexity index is 375. The third-order valence-corrected chi connectivity index (χ3v) is 5.06. The van der Waals surface area contributed by atoms with E-state index in [1.807, 2.05) is 0 Å². The van der Waals surface area contributed by atoms with Crippen LogP contribution in [0.25, 0.3) is 0 Å². The first-order valence-corrected chi connectivity index (χ1v) is 11.1. The normalized spacial score (nSPS) is 16.0. The number of hydrogen-bond donors (Lipinski definition) is 0. The van der Waals surface area contributed by atoms with Crippen LogP contribution >= 0.6 is 0 Å². The molecule has 0 saturated carbocycles. The van der Waals surface area contributed by atoms with Crippen molar-refractivity contribution in [1.82, 2.24) is 0 Å². The van der Waals surface area contributed by atoms with Crippen molar-refractivity contribution in [3.63, 3.8) is 0 Å². The van der Waals surface area contributed by atoms with E-state index in [0.717, 1.165) is 19.3 Å². The maximum absolute atomic E-state index is 6.57. The Hall–Kier alpha value is -0.120. The number of ether oxygens (including phenoxy) is 3. The van der Waals surface area contributed by atoms with Gasteiger partial charge in [-0.2, -0.15) is 0 Å². The Morgan fingerprint density at radius 1 is 0.741 bits per heavy atom. The summed E-state index contributed by atoms with van der Waals surface area (Å²) in [5.74, 6) is 1.31. The summed E-state index contributed by atoms with van der Waals surface area (Å²) >= 11 is 0. The fourth-order valence-electron chi connectivity index (χ4n) is 3.52. The average Bonchev–Trinajstić information content (AvgIpc) is 2.41. The van der Waals surface area contributed by atoms with Gasteiger partial charge in [-0.1, -0.05) is 41.5 Å². The lowest BCUT2D eigenvalue weighted by Crippen LogP contribution is -2.40. The summed E-state index contributed by atoms with van der Waals surface area (Å²) in [5.41, 5.74) is -0.201. The highest BCUT2D eigenvalue weighted by Gasteiger charge is 2.32.